The number of carboxylic acids is 2. The summed E-state index contributed by atoms with van der Waals surface area (Å²) in [5.41, 5.74) is 1.25. The molecule has 1 amide bonds. The lowest BCUT2D eigenvalue weighted by Crippen LogP contribution is -2.34. The van der Waals surface area contributed by atoms with E-state index in [4.69, 9.17) is 5.11 Å². The Bertz CT molecular complexity index is 650. The van der Waals surface area contributed by atoms with Gasteiger partial charge in [-0.2, -0.15) is 0 Å². The maximum Gasteiger partial charge on any atom is 0.335 e. The Labute approximate surface area is 127 Å². The zero-order valence-corrected chi connectivity index (χ0v) is 12.1. The number of aromatic carboxylic acids is 1. The molecule has 2 atom stereocenters. The highest BCUT2D eigenvalue weighted by molar-refractivity contribution is 5.97. The number of carbonyl (C=O) groups excluding carboxylic acids is 1. The Morgan fingerprint density at radius 1 is 1.09 bits per heavy atom. The fraction of sp³-hybridized carbons (Fsp3) is 0.312. The van der Waals surface area contributed by atoms with Gasteiger partial charge in [0.2, 0.25) is 5.91 Å². The summed E-state index contributed by atoms with van der Waals surface area (Å²) in [5.74, 6) is -3.74. The van der Waals surface area contributed by atoms with Gasteiger partial charge in [-0.15, -0.1) is 0 Å². The molecule has 1 aromatic carbocycles. The zero-order valence-electron chi connectivity index (χ0n) is 12.1. The monoisotopic (exact) mass is 303 g/mol. The van der Waals surface area contributed by atoms with Crippen LogP contribution in [0.5, 0.6) is 0 Å². The number of amides is 1. The number of carboxylic acid groups (broad SMARTS) is 2. The molecule has 1 aromatic rings. The van der Waals surface area contributed by atoms with E-state index in [1.54, 1.807) is 13.0 Å². The van der Waals surface area contributed by atoms with Gasteiger partial charge in [0.05, 0.1) is 17.4 Å². The number of allylic oxidation sites excluding steroid dienone is 2. The van der Waals surface area contributed by atoms with E-state index in [-0.39, 0.29) is 11.5 Å². The molecule has 3 N–H and O–H groups in total. The molecule has 6 nitrogen and oxygen atoms in total. The summed E-state index contributed by atoms with van der Waals surface area (Å²) in [5, 5.41) is 20.8. The van der Waals surface area contributed by atoms with E-state index < -0.39 is 23.8 Å². The highest BCUT2D eigenvalue weighted by atomic mass is 16.4. The van der Waals surface area contributed by atoms with Crippen molar-refractivity contribution in [2.24, 2.45) is 11.8 Å². The van der Waals surface area contributed by atoms with E-state index >= 15 is 0 Å². The first kappa shape index (κ1) is 15.8. The molecule has 2 rings (SSSR count). The van der Waals surface area contributed by atoms with Gasteiger partial charge in [-0.25, -0.2) is 4.79 Å². The van der Waals surface area contributed by atoms with Crippen LogP contribution in [0.2, 0.25) is 0 Å². The predicted octanol–water partition coefficient (Wildman–Crippen LogP) is 2.30. The number of benzene rings is 1. The molecule has 0 saturated heterocycles. The summed E-state index contributed by atoms with van der Waals surface area (Å²) in [4.78, 5) is 34.4. The van der Waals surface area contributed by atoms with Gasteiger partial charge in [0.15, 0.2) is 0 Å². The van der Waals surface area contributed by atoms with Crippen molar-refractivity contribution in [2.75, 3.05) is 5.32 Å². The number of hydrogen-bond acceptors (Lipinski definition) is 3. The van der Waals surface area contributed by atoms with Gasteiger partial charge in [0.25, 0.3) is 0 Å². The van der Waals surface area contributed by atoms with Crippen LogP contribution in [0.4, 0.5) is 5.69 Å². The Morgan fingerprint density at radius 2 is 1.73 bits per heavy atom. The lowest BCUT2D eigenvalue weighted by molar-refractivity contribution is -0.146. The quantitative estimate of drug-likeness (QED) is 0.740. The first-order chi connectivity index (χ1) is 10.4. The maximum absolute atomic E-state index is 12.3. The van der Waals surface area contributed by atoms with Crippen LogP contribution in [-0.4, -0.2) is 28.1 Å². The molecule has 0 spiro atoms. The second-order valence-electron chi connectivity index (χ2n) is 5.32. The average molecular weight is 303 g/mol. The van der Waals surface area contributed by atoms with Crippen LogP contribution in [-0.2, 0) is 9.59 Å². The molecule has 116 valence electrons. The van der Waals surface area contributed by atoms with Crippen molar-refractivity contribution in [1.82, 2.24) is 0 Å². The average Bonchev–Trinajstić information content (AvgIpc) is 2.48. The molecule has 6 heteroatoms. The number of nitrogens with one attached hydrogen (secondary N) is 1. The van der Waals surface area contributed by atoms with Crippen LogP contribution < -0.4 is 5.32 Å². The Hall–Kier alpha value is -2.63. The third-order valence-corrected chi connectivity index (χ3v) is 3.82. The van der Waals surface area contributed by atoms with Crippen molar-refractivity contribution in [3.63, 3.8) is 0 Å². The molecule has 0 aromatic heterocycles. The lowest BCUT2D eigenvalue weighted by Gasteiger charge is -2.24. The summed E-state index contributed by atoms with van der Waals surface area (Å²) < 4.78 is 0. The van der Waals surface area contributed by atoms with Gasteiger partial charge in [0.1, 0.15) is 0 Å². The molecule has 0 unspecified atom stereocenters. The van der Waals surface area contributed by atoms with Crippen LogP contribution in [0, 0.1) is 18.8 Å². The van der Waals surface area contributed by atoms with Gasteiger partial charge in [-0.3, -0.25) is 9.59 Å². The Morgan fingerprint density at radius 3 is 2.27 bits per heavy atom. The van der Waals surface area contributed by atoms with Crippen molar-refractivity contribution in [3.8, 4) is 0 Å². The highest BCUT2D eigenvalue weighted by Crippen LogP contribution is 2.28. The maximum atomic E-state index is 12.3. The minimum atomic E-state index is -1.04. The molecule has 0 saturated carbocycles. The van der Waals surface area contributed by atoms with E-state index in [1.807, 2.05) is 6.08 Å². The van der Waals surface area contributed by atoms with Crippen LogP contribution >= 0.6 is 0 Å². The van der Waals surface area contributed by atoms with Crippen molar-refractivity contribution in [1.29, 1.82) is 0 Å². The third-order valence-electron chi connectivity index (χ3n) is 3.82. The van der Waals surface area contributed by atoms with Gasteiger partial charge in [-0.1, -0.05) is 12.2 Å². The Kier molecular flexibility index (Phi) is 4.60. The van der Waals surface area contributed by atoms with Crippen molar-refractivity contribution < 1.29 is 24.6 Å². The molecule has 1 aliphatic carbocycles. The van der Waals surface area contributed by atoms with Gasteiger partial charge >= 0.3 is 11.9 Å². The summed E-state index contributed by atoms with van der Waals surface area (Å²) in [6.45, 7) is 1.69. The van der Waals surface area contributed by atoms with Gasteiger partial charge in [-0.05, 0) is 43.5 Å². The molecular weight excluding hydrogens is 286 g/mol. The molecule has 0 radical (unpaired) electrons. The minimum Gasteiger partial charge on any atom is -0.481 e. The summed E-state index contributed by atoms with van der Waals surface area (Å²) >= 11 is 0. The number of aliphatic carboxylic acids is 1. The first-order valence-corrected chi connectivity index (χ1v) is 6.92. The van der Waals surface area contributed by atoms with Crippen LogP contribution in [0.1, 0.15) is 28.8 Å². The van der Waals surface area contributed by atoms with Gasteiger partial charge < -0.3 is 15.5 Å². The molecule has 22 heavy (non-hydrogen) atoms. The second-order valence-corrected chi connectivity index (χ2v) is 5.32. The number of hydrogen-bond donors (Lipinski definition) is 3. The van der Waals surface area contributed by atoms with Crippen molar-refractivity contribution >= 4 is 23.5 Å². The Balaban J connectivity index is 2.16. The number of carbonyl (C=O) groups is 3. The topological polar surface area (TPSA) is 104 Å². The van der Waals surface area contributed by atoms with Crippen molar-refractivity contribution in [2.45, 2.75) is 19.8 Å². The summed E-state index contributed by atoms with van der Waals surface area (Å²) in [6, 6.07) is 4.39. The molecule has 0 bridgehead atoms. The fourth-order valence-corrected chi connectivity index (χ4v) is 2.54. The van der Waals surface area contributed by atoms with Crippen LogP contribution in [0.3, 0.4) is 0 Å². The van der Waals surface area contributed by atoms with E-state index in [0.717, 1.165) is 0 Å². The number of anilines is 1. The summed E-state index contributed by atoms with van der Waals surface area (Å²) in [7, 11) is 0. The summed E-state index contributed by atoms with van der Waals surface area (Å²) in [6.07, 6.45) is 4.30. The zero-order chi connectivity index (χ0) is 16.3. The molecule has 0 fully saturated rings. The van der Waals surface area contributed by atoms with Gasteiger partial charge in [0, 0.05) is 5.69 Å². The smallest absolute Gasteiger partial charge is 0.335 e. The van der Waals surface area contributed by atoms with E-state index in [1.165, 1.54) is 18.2 Å². The lowest BCUT2D eigenvalue weighted by atomic mass is 9.82. The predicted molar refractivity (Wildman–Crippen MR) is 79.8 cm³/mol. The number of aryl methyl sites for hydroxylation is 1. The van der Waals surface area contributed by atoms with Crippen molar-refractivity contribution in [3.05, 3.63) is 41.5 Å². The van der Waals surface area contributed by atoms with E-state index in [2.05, 4.69) is 5.32 Å². The fourth-order valence-electron chi connectivity index (χ4n) is 2.54. The van der Waals surface area contributed by atoms with Crippen LogP contribution in [0.15, 0.2) is 30.4 Å². The molecule has 1 aliphatic rings. The minimum absolute atomic E-state index is 0.138. The largest absolute Gasteiger partial charge is 0.481 e. The normalized spacial score (nSPS) is 20.4. The standard InChI is InChI=1S/C16H17NO5/c1-9-8-10(15(19)20)6-7-13(9)17-14(18)11-4-2-3-5-12(11)16(21)22/h2-3,6-8,11-12H,4-5H2,1H3,(H,17,18)(H,19,20)(H,21,22)/t11-,12-/m0/s1. The SMILES string of the molecule is Cc1cc(C(=O)O)ccc1NC(=O)[C@H]1CC=CC[C@@H]1C(=O)O. The van der Waals surface area contributed by atoms with E-state index in [9.17, 15) is 19.5 Å². The highest BCUT2D eigenvalue weighted by Gasteiger charge is 2.34. The molecular formula is C16H17NO5. The van der Waals surface area contributed by atoms with E-state index in [0.29, 0.717) is 24.1 Å². The van der Waals surface area contributed by atoms with Crippen LogP contribution in [0.25, 0.3) is 0 Å². The number of rotatable bonds is 4. The molecule has 0 aliphatic heterocycles. The molecule has 0 heterocycles. The third kappa shape index (κ3) is 3.33. The second kappa shape index (κ2) is 6.43. The first-order valence-electron chi connectivity index (χ1n) is 6.92.